The highest BCUT2D eigenvalue weighted by Crippen LogP contribution is 2.30. The predicted octanol–water partition coefficient (Wildman–Crippen LogP) is 4.42. The van der Waals surface area contributed by atoms with Gasteiger partial charge in [-0.05, 0) is 32.0 Å². The summed E-state index contributed by atoms with van der Waals surface area (Å²) >= 11 is 1.42. The van der Waals surface area contributed by atoms with Crippen molar-refractivity contribution in [2.75, 3.05) is 0 Å². The number of nitrogens with one attached hydrogen (secondary N) is 1. The number of ketones is 1. The van der Waals surface area contributed by atoms with Crippen molar-refractivity contribution in [2.45, 2.75) is 24.3 Å². The van der Waals surface area contributed by atoms with E-state index in [-0.39, 0.29) is 11.0 Å². The van der Waals surface area contributed by atoms with Crippen LogP contribution < -0.4 is 0 Å². The minimum atomic E-state index is -0.278. The number of aromatic nitrogens is 4. The Morgan fingerprint density at radius 3 is 2.65 bits per heavy atom. The van der Waals surface area contributed by atoms with E-state index in [1.807, 2.05) is 73.0 Å². The van der Waals surface area contributed by atoms with Crippen LogP contribution >= 0.6 is 11.8 Å². The Kier molecular flexibility index (Phi) is 4.34. The molecular weight excluding hydrogens is 344 g/mol. The van der Waals surface area contributed by atoms with Gasteiger partial charge in [-0.3, -0.25) is 9.36 Å². The number of rotatable bonds is 5. The number of carbonyl (C=O) groups is 1. The molecule has 0 amide bonds. The zero-order valence-electron chi connectivity index (χ0n) is 14.5. The summed E-state index contributed by atoms with van der Waals surface area (Å²) in [5, 5.41) is 9.60. The van der Waals surface area contributed by atoms with Crippen LogP contribution in [0.15, 0.2) is 66.1 Å². The average Bonchev–Trinajstić information content (AvgIpc) is 3.25. The molecule has 4 rings (SSSR count). The minimum absolute atomic E-state index is 0.0903. The van der Waals surface area contributed by atoms with Gasteiger partial charge in [0.25, 0.3) is 0 Å². The first-order valence-electron chi connectivity index (χ1n) is 8.39. The van der Waals surface area contributed by atoms with Crippen LogP contribution in [0.2, 0.25) is 0 Å². The fraction of sp³-hybridized carbons (Fsp3) is 0.150. The summed E-state index contributed by atoms with van der Waals surface area (Å²) in [4.78, 5) is 16.4. The van der Waals surface area contributed by atoms with Crippen LogP contribution in [0.4, 0.5) is 0 Å². The van der Waals surface area contributed by atoms with Crippen LogP contribution in [-0.2, 0) is 0 Å². The fourth-order valence-corrected chi connectivity index (χ4v) is 3.98. The molecule has 0 bridgehead atoms. The van der Waals surface area contributed by atoms with E-state index < -0.39 is 0 Å². The fourth-order valence-electron chi connectivity index (χ4n) is 3.08. The van der Waals surface area contributed by atoms with Gasteiger partial charge in [-0.25, -0.2) is 0 Å². The number of fused-ring (bicyclic) bond motifs is 1. The van der Waals surface area contributed by atoms with E-state index >= 15 is 0 Å². The maximum atomic E-state index is 13.1. The van der Waals surface area contributed by atoms with E-state index in [1.165, 1.54) is 11.8 Å². The molecule has 0 fully saturated rings. The normalized spacial score (nSPS) is 12.4. The Bertz CT molecular complexity index is 1070. The summed E-state index contributed by atoms with van der Waals surface area (Å²) in [6, 6.07) is 17.8. The van der Waals surface area contributed by atoms with Gasteiger partial charge in [0, 0.05) is 27.8 Å². The molecule has 0 unspecified atom stereocenters. The molecule has 2 heterocycles. The minimum Gasteiger partial charge on any atom is -0.358 e. The quantitative estimate of drug-likeness (QED) is 0.422. The lowest BCUT2D eigenvalue weighted by molar-refractivity contribution is 0.0995. The molecule has 130 valence electrons. The van der Waals surface area contributed by atoms with E-state index in [1.54, 1.807) is 6.33 Å². The van der Waals surface area contributed by atoms with Crippen molar-refractivity contribution in [1.29, 1.82) is 0 Å². The molecule has 0 spiro atoms. The highest BCUT2D eigenvalue weighted by Gasteiger charge is 2.24. The number of H-pyrrole nitrogens is 1. The van der Waals surface area contributed by atoms with E-state index in [2.05, 4.69) is 15.2 Å². The van der Waals surface area contributed by atoms with Crippen molar-refractivity contribution in [1.82, 2.24) is 19.7 Å². The Hall–Kier alpha value is -2.86. The Labute approximate surface area is 155 Å². The Balaban J connectivity index is 1.63. The predicted molar refractivity (Wildman–Crippen MR) is 104 cm³/mol. The Morgan fingerprint density at radius 1 is 1.12 bits per heavy atom. The molecule has 6 heteroatoms. The lowest BCUT2D eigenvalue weighted by Gasteiger charge is -2.11. The second kappa shape index (κ2) is 6.80. The van der Waals surface area contributed by atoms with Gasteiger partial charge >= 0.3 is 0 Å². The summed E-state index contributed by atoms with van der Waals surface area (Å²) < 4.78 is 1.90. The van der Waals surface area contributed by atoms with Crippen molar-refractivity contribution >= 4 is 28.4 Å². The van der Waals surface area contributed by atoms with Gasteiger partial charge in [0.05, 0.1) is 5.25 Å². The van der Waals surface area contributed by atoms with Gasteiger partial charge < -0.3 is 4.98 Å². The number of hydrogen-bond acceptors (Lipinski definition) is 4. The van der Waals surface area contributed by atoms with Gasteiger partial charge in [0.2, 0.25) is 0 Å². The summed E-state index contributed by atoms with van der Waals surface area (Å²) in [6.07, 6.45) is 1.67. The van der Waals surface area contributed by atoms with E-state index in [0.29, 0.717) is 5.16 Å². The van der Waals surface area contributed by atoms with Crippen LogP contribution in [0.5, 0.6) is 0 Å². The molecule has 0 aliphatic heterocycles. The van der Waals surface area contributed by atoms with Gasteiger partial charge in [-0.1, -0.05) is 48.2 Å². The molecule has 0 radical (unpaired) electrons. The number of hydrogen-bond donors (Lipinski definition) is 1. The molecule has 5 nitrogen and oxygen atoms in total. The lowest BCUT2D eigenvalue weighted by atomic mass is 10.1. The number of Topliss-reactive ketones (excluding diaryl/α,β-unsaturated/α-hetero) is 1. The van der Waals surface area contributed by atoms with Crippen LogP contribution in [0.3, 0.4) is 0 Å². The molecule has 0 saturated heterocycles. The molecule has 1 N–H and O–H groups in total. The standard InChI is InChI=1S/C20H18N4OS/c1-13-18(16-10-6-7-11-17(16)22-13)19(25)14(2)26-20-23-21-12-24(20)15-8-4-3-5-9-15/h3-12,14,22H,1-2H3/t14-/m1/s1. The van der Waals surface area contributed by atoms with Crippen molar-refractivity contribution in [2.24, 2.45) is 0 Å². The second-order valence-corrected chi connectivity index (χ2v) is 7.42. The molecule has 2 aromatic carbocycles. The SMILES string of the molecule is Cc1[nH]c2ccccc2c1C(=O)[C@@H](C)Sc1nncn1-c1ccccc1. The van der Waals surface area contributed by atoms with Crippen molar-refractivity contribution < 1.29 is 4.79 Å². The van der Waals surface area contributed by atoms with Crippen molar-refractivity contribution in [3.05, 3.63) is 72.2 Å². The number of nitrogens with zero attached hydrogens (tertiary/aromatic N) is 3. The number of carbonyl (C=O) groups excluding carboxylic acids is 1. The molecular formula is C20H18N4OS. The van der Waals surface area contributed by atoms with Crippen LogP contribution in [0, 0.1) is 6.92 Å². The molecule has 0 saturated carbocycles. The number of para-hydroxylation sites is 2. The highest BCUT2D eigenvalue weighted by atomic mass is 32.2. The first kappa shape index (κ1) is 16.6. The Morgan fingerprint density at radius 2 is 1.85 bits per heavy atom. The van der Waals surface area contributed by atoms with Crippen molar-refractivity contribution in [3.8, 4) is 5.69 Å². The maximum absolute atomic E-state index is 13.1. The number of thioether (sulfide) groups is 1. The summed E-state index contributed by atoms with van der Waals surface area (Å²) in [6.45, 7) is 3.86. The van der Waals surface area contributed by atoms with Crippen LogP contribution in [0.25, 0.3) is 16.6 Å². The monoisotopic (exact) mass is 362 g/mol. The molecule has 26 heavy (non-hydrogen) atoms. The van der Waals surface area contributed by atoms with Gasteiger partial charge in [-0.15, -0.1) is 10.2 Å². The topological polar surface area (TPSA) is 63.6 Å². The average molecular weight is 362 g/mol. The highest BCUT2D eigenvalue weighted by molar-refractivity contribution is 8.00. The van der Waals surface area contributed by atoms with Gasteiger partial charge in [0.15, 0.2) is 10.9 Å². The summed E-state index contributed by atoms with van der Waals surface area (Å²) in [5.74, 6) is 0.0903. The summed E-state index contributed by atoms with van der Waals surface area (Å²) in [7, 11) is 0. The smallest absolute Gasteiger partial charge is 0.196 e. The first-order valence-corrected chi connectivity index (χ1v) is 9.26. The summed E-state index contributed by atoms with van der Waals surface area (Å²) in [5.41, 5.74) is 3.61. The third-order valence-corrected chi connectivity index (χ3v) is 5.40. The van der Waals surface area contributed by atoms with Gasteiger partial charge in [0.1, 0.15) is 6.33 Å². The lowest BCUT2D eigenvalue weighted by Crippen LogP contribution is -2.15. The third kappa shape index (κ3) is 2.93. The molecule has 0 aliphatic carbocycles. The van der Waals surface area contributed by atoms with Crippen molar-refractivity contribution in [3.63, 3.8) is 0 Å². The molecule has 4 aromatic rings. The number of aromatic amines is 1. The van der Waals surface area contributed by atoms with Crippen LogP contribution in [-0.4, -0.2) is 30.8 Å². The third-order valence-electron chi connectivity index (χ3n) is 4.34. The first-order chi connectivity index (χ1) is 12.6. The van der Waals surface area contributed by atoms with E-state index in [0.717, 1.165) is 27.8 Å². The molecule has 2 aromatic heterocycles. The largest absolute Gasteiger partial charge is 0.358 e. The number of aryl methyl sites for hydroxylation is 1. The molecule has 1 atom stereocenters. The van der Waals surface area contributed by atoms with Gasteiger partial charge in [-0.2, -0.15) is 0 Å². The zero-order valence-corrected chi connectivity index (χ0v) is 15.3. The number of benzene rings is 2. The van der Waals surface area contributed by atoms with Crippen LogP contribution in [0.1, 0.15) is 23.0 Å². The molecule has 0 aliphatic rings. The zero-order chi connectivity index (χ0) is 18.1. The maximum Gasteiger partial charge on any atom is 0.196 e. The second-order valence-electron chi connectivity index (χ2n) is 6.11. The van der Waals surface area contributed by atoms with E-state index in [4.69, 9.17) is 0 Å². The van der Waals surface area contributed by atoms with E-state index in [9.17, 15) is 4.79 Å².